The van der Waals surface area contributed by atoms with Gasteiger partial charge in [-0.2, -0.15) is 13.2 Å². The fourth-order valence-corrected chi connectivity index (χ4v) is 5.99. The van der Waals surface area contributed by atoms with Crippen molar-refractivity contribution in [1.29, 1.82) is 0 Å². The van der Waals surface area contributed by atoms with Gasteiger partial charge in [-0.05, 0) is 54.1 Å². The number of carbonyl (C=O) groups is 1. The Morgan fingerprint density at radius 1 is 1.11 bits per heavy atom. The lowest BCUT2D eigenvalue weighted by atomic mass is 9.92. The lowest BCUT2D eigenvalue weighted by Gasteiger charge is -2.27. The number of ether oxygens (including phenoxy) is 2. The predicted octanol–water partition coefficient (Wildman–Crippen LogP) is 4.13. The molecular formula is C30H33F4N3O6S. The molecule has 0 spiro atoms. The van der Waals surface area contributed by atoms with E-state index in [-0.39, 0.29) is 53.5 Å². The first kappa shape index (κ1) is 33.1. The minimum Gasteiger partial charge on any atom is -0.489 e. The number of halogens is 4. The van der Waals surface area contributed by atoms with E-state index in [2.05, 4.69) is 0 Å². The van der Waals surface area contributed by atoms with E-state index in [4.69, 9.17) is 20.2 Å². The molecule has 2 aromatic carbocycles. The molecule has 0 saturated carbocycles. The normalized spacial score (nSPS) is 17.9. The van der Waals surface area contributed by atoms with Gasteiger partial charge >= 0.3 is 6.18 Å². The van der Waals surface area contributed by atoms with Gasteiger partial charge in [0.05, 0.1) is 65.8 Å². The quantitative estimate of drug-likeness (QED) is 0.211. The highest BCUT2D eigenvalue weighted by atomic mass is 32.2. The van der Waals surface area contributed by atoms with Gasteiger partial charge in [0.1, 0.15) is 24.3 Å². The Kier molecular flexibility index (Phi) is 10.5. The first-order chi connectivity index (χ1) is 20.9. The molecule has 3 N–H and O–H groups in total. The summed E-state index contributed by atoms with van der Waals surface area (Å²) in [7, 11) is -3.46. The number of pyridine rings is 1. The Labute approximate surface area is 252 Å². The van der Waals surface area contributed by atoms with Gasteiger partial charge in [-0.25, -0.2) is 17.8 Å². The second-order valence-corrected chi connectivity index (χ2v) is 12.5. The van der Waals surface area contributed by atoms with E-state index in [0.29, 0.717) is 17.8 Å². The Bertz CT molecular complexity index is 1540. The summed E-state index contributed by atoms with van der Waals surface area (Å²) in [5, 5.41) is 10.4. The molecule has 1 fully saturated rings. The SMILES string of the molecule is CCS(=O)(=O)c1ccc([C@@H](CO)c2nc(N3C[C@H](Oc4ccc(C(F)(F)F)cc4)C[C@H]3COCCF)ccc2C(N)=O)cc1. The molecule has 9 nitrogen and oxygen atoms in total. The average Bonchev–Trinajstić information content (AvgIpc) is 3.39. The van der Waals surface area contributed by atoms with Crippen molar-refractivity contribution in [3.8, 4) is 5.75 Å². The molecule has 1 aromatic heterocycles. The summed E-state index contributed by atoms with van der Waals surface area (Å²) < 4.78 is 87.7. The summed E-state index contributed by atoms with van der Waals surface area (Å²) in [5.74, 6) is -1.09. The molecule has 4 rings (SSSR count). The van der Waals surface area contributed by atoms with Crippen LogP contribution in [0.3, 0.4) is 0 Å². The number of primary amides is 1. The van der Waals surface area contributed by atoms with Crippen LogP contribution in [0, 0.1) is 0 Å². The minimum absolute atomic E-state index is 0.0556. The number of nitrogens with zero attached hydrogens (tertiary/aromatic N) is 2. The highest BCUT2D eigenvalue weighted by molar-refractivity contribution is 7.91. The van der Waals surface area contributed by atoms with Crippen molar-refractivity contribution >= 4 is 21.6 Å². The van der Waals surface area contributed by atoms with Crippen LogP contribution in [-0.2, 0) is 20.8 Å². The molecular weight excluding hydrogens is 606 g/mol. The van der Waals surface area contributed by atoms with E-state index in [1.807, 2.05) is 4.90 Å². The van der Waals surface area contributed by atoms with Crippen LogP contribution in [0.1, 0.15) is 46.4 Å². The Morgan fingerprint density at radius 2 is 1.80 bits per heavy atom. The maximum absolute atomic E-state index is 13.0. The van der Waals surface area contributed by atoms with Crippen LogP contribution in [0.4, 0.5) is 23.4 Å². The number of carbonyl (C=O) groups excluding carboxylic acids is 1. The number of rotatable bonds is 13. The Hall–Kier alpha value is -3.75. The molecule has 0 bridgehead atoms. The van der Waals surface area contributed by atoms with E-state index in [1.165, 1.54) is 37.3 Å². The standard InChI is InChI=1S/C30H33F4N3O6S/c1-2-44(40,41)24-9-3-19(4-10-24)26(17-38)28-25(29(35)39)11-12-27(36-28)37-16-23(15-21(37)18-42-14-13-31)43-22-7-5-20(6-8-22)30(32,33)34/h3-12,21,23,26,38H,2,13-18H2,1H3,(H2,35,39)/t21-,23+,26+/m0/s1. The van der Waals surface area contributed by atoms with Crippen LogP contribution in [0.2, 0.25) is 0 Å². The maximum atomic E-state index is 13.0. The van der Waals surface area contributed by atoms with Crippen molar-refractivity contribution in [1.82, 2.24) is 4.98 Å². The van der Waals surface area contributed by atoms with Crippen molar-refractivity contribution in [3.05, 3.63) is 83.0 Å². The van der Waals surface area contributed by atoms with Crippen molar-refractivity contribution < 1.29 is 45.4 Å². The monoisotopic (exact) mass is 639 g/mol. The minimum atomic E-state index is -4.48. The number of aliphatic hydroxyl groups is 1. The van der Waals surface area contributed by atoms with Crippen molar-refractivity contribution in [2.45, 2.75) is 42.5 Å². The summed E-state index contributed by atoms with van der Waals surface area (Å²) in [6.45, 7) is 0.568. The summed E-state index contributed by atoms with van der Waals surface area (Å²) in [4.78, 5) is 19.0. The van der Waals surface area contributed by atoms with Gasteiger partial charge in [0.2, 0.25) is 0 Å². The molecule has 1 saturated heterocycles. The van der Waals surface area contributed by atoms with Crippen LogP contribution in [0.25, 0.3) is 0 Å². The molecule has 238 valence electrons. The van der Waals surface area contributed by atoms with Gasteiger partial charge < -0.3 is 25.2 Å². The number of alkyl halides is 4. The van der Waals surface area contributed by atoms with Crippen molar-refractivity contribution in [2.75, 3.05) is 43.7 Å². The van der Waals surface area contributed by atoms with Gasteiger partial charge in [-0.1, -0.05) is 19.1 Å². The molecule has 2 heterocycles. The topological polar surface area (TPSA) is 132 Å². The Balaban J connectivity index is 1.65. The first-order valence-corrected chi connectivity index (χ1v) is 15.5. The van der Waals surface area contributed by atoms with Gasteiger partial charge in [0, 0.05) is 6.42 Å². The van der Waals surface area contributed by atoms with Crippen LogP contribution in [0.5, 0.6) is 5.75 Å². The number of hydrogen-bond acceptors (Lipinski definition) is 8. The van der Waals surface area contributed by atoms with E-state index in [0.717, 1.165) is 12.1 Å². The molecule has 14 heteroatoms. The third kappa shape index (κ3) is 7.66. The van der Waals surface area contributed by atoms with E-state index in [9.17, 15) is 35.9 Å². The van der Waals surface area contributed by atoms with Crippen LogP contribution < -0.4 is 15.4 Å². The van der Waals surface area contributed by atoms with Crippen LogP contribution >= 0.6 is 0 Å². The number of aliphatic hydroxyl groups excluding tert-OH is 1. The Morgan fingerprint density at radius 3 is 2.36 bits per heavy atom. The zero-order chi connectivity index (χ0) is 32.1. The summed E-state index contributed by atoms with van der Waals surface area (Å²) >= 11 is 0. The summed E-state index contributed by atoms with van der Waals surface area (Å²) in [6.07, 6.45) is -4.60. The van der Waals surface area contributed by atoms with Crippen LogP contribution in [-0.4, -0.2) is 75.4 Å². The zero-order valence-electron chi connectivity index (χ0n) is 23.8. The second-order valence-electron chi connectivity index (χ2n) is 10.2. The fourth-order valence-electron chi connectivity index (χ4n) is 5.11. The van der Waals surface area contributed by atoms with E-state index < -0.39 is 52.8 Å². The molecule has 1 aliphatic rings. The molecule has 3 aromatic rings. The second kappa shape index (κ2) is 13.9. The van der Waals surface area contributed by atoms with Crippen LogP contribution in [0.15, 0.2) is 65.6 Å². The van der Waals surface area contributed by atoms with Crippen molar-refractivity contribution in [2.24, 2.45) is 5.73 Å². The number of nitrogens with two attached hydrogens (primary N) is 1. The molecule has 0 unspecified atom stereocenters. The first-order valence-electron chi connectivity index (χ1n) is 13.9. The predicted molar refractivity (Wildman–Crippen MR) is 154 cm³/mol. The third-order valence-corrected chi connectivity index (χ3v) is 9.15. The summed E-state index contributed by atoms with van der Waals surface area (Å²) in [5.41, 5.74) is 5.56. The number of benzene rings is 2. The molecule has 1 aliphatic heterocycles. The number of anilines is 1. The molecule has 44 heavy (non-hydrogen) atoms. The third-order valence-electron chi connectivity index (χ3n) is 7.40. The highest BCUT2D eigenvalue weighted by Crippen LogP contribution is 2.34. The fraction of sp³-hybridized carbons (Fsp3) is 0.400. The van der Waals surface area contributed by atoms with Gasteiger partial charge in [0.25, 0.3) is 5.91 Å². The number of sulfone groups is 1. The van der Waals surface area contributed by atoms with E-state index in [1.54, 1.807) is 18.2 Å². The smallest absolute Gasteiger partial charge is 0.416 e. The number of aromatic nitrogens is 1. The number of hydrogen-bond donors (Lipinski definition) is 2. The molecule has 0 aliphatic carbocycles. The molecule has 1 amide bonds. The zero-order valence-corrected chi connectivity index (χ0v) is 24.7. The van der Waals surface area contributed by atoms with Gasteiger partial charge in [-0.15, -0.1) is 0 Å². The average molecular weight is 640 g/mol. The largest absolute Gasteiger partial charge is 0.489 e. The highest BCUT2D eigenvalue weighted by Gasteiger charge is 2.36. The molecule has 0 radical (unpaired) electrons. The maximum Gasteiger partial charge on any atom is 0.416 e. The lowest BCUT2D eigenvalue weighted by Crippen LogP contribution is -2.35. The number of amides is 1. The van der Waals surface area contributed by atoms with E-state index >= 15 is 0 Å². The van der Waals surface area contributed by atoms with Gasteiger partial charge in [0.15, 0.2) is 9.84 Å². The summed E-state index contributed by atoms with van der Waals surface area (Å²) in [6, 6.07) is 12.9. The van der Waals surface area contributed by atoms with Crippen molar-refractivity contribution in [3.63, 3.8) is 0 Å². The lowest BCUT2D eigenvalue weighted by molar-refractivity contribution is -0.137. The van der Waals surface area contributed by atoms with Gasteiger partial charge in [-0.3, -0.25) is 4.79 Å². The molecule has 3 atom stereocenters.